The summed E-state index contributed by atoms with van der Waals surface area (Å²) in [6.45, 7) is 6.13. The molecule has 112 valence electrons. The van der Waals surface area contributed by atoms with Gasteiger partial charge in [0.25, 0.3) is 5.91 Å². The van der Waals surface area contributed by atoms with E-state index in [1.54, 1.807) is 12.3 Å². The van der Waals surface area contributed by atoms with Gasteiger partial charge in [-0.15, -0.1) is 0 Å². The largest absolute Gasteiger partial charge is 0.307 e. The molecule has 2 aromatic heterocycles. The molecular formula is C15H19ClN4O. The average Bonchev–Trinajstić information content (AvgIpc) is 2.81. The van der Waals surface area contributed by atoms with E-state index >= 15 is 0 Å². The minimum absolute atomic E-state index is 0.255. The molecule has 1 amide bonds. The van der Waals surface area contributed by atoms with Crippen molar-refractivity contribution in [3.63, 3.8) is 0 Å². The Bertz CT molecular complexity index is 634. The summed E-state index contributed by atoms with van der Waals surface area (Å²) in [6, 6.07) is 3.73. The van der Waals surface area contributed by atoms with Crippen LogP contribution in [-0.4, -0.2) is 20.7 Å². The van der Waals surface area contributed by atoms with Gasteiger partial charge >= 0.3 is 0 Å². The Kier molecular flexibility index (Phi) is 4.96. The lowest BCUT2D eigenvalue weighted by atomic mass is 10.2. The summed E-state index contributed by atoms with van der Waals surface area (Å²) in [5, 5.41) is 7.70. The molecule has 0 aliphatic carbocycles. The Morgan fingerprint density at radius 3 is 2.76 bits per heavy atom. The van der Waals surface area contributed by atoms with E-state index in [0.717, 1.165) is 18.5 Å². The highest BCUT2D eigenvalue weighted by Gasteiger charge is 2.17. The van der Waals surface area contributed by atoms with Gasteiger partial charge in [0.15, 0.2) is 0 Å². The fourth-order valence-corrected chi connectivity index (χ4v) is 2.47. The Hall–Kier alpha value is -1.88. The van der Waals surface area contributed by atoms with Gasteiger partial charge in [0.2, 0.25) is 0 Å². The quantitative estimate of drug-likeness (QED) is 0.912. The molecule has 0 radical (unpaired) electrons. The zero-order valence-electron chi connectivity index (χ0n) is 12.4. The first kappa shape index (κ1) is 15.5. The zero-order valence-corrected chi connectivity index (χ0v) is 13.2. The molecule has 21 heavy (non-hydrogen) atoms. The normalized spacial score (nSPS) is 10.9. The van der Waals surface area contributed by atoms with Crippen molar-refractivity contribution in [1.29, 1.82) is 0 Å². The summed E-state index contributed by atoms with van der Waals surface area (Å²) in [5.41, 5.74) is 1.28. The standard InChI is InChI=1S/C15H19ClN4O/c1-4-11(5-2)20-14(8-10(3)19-20)18-15(21)12-6-7-17-9-13(12)16/h6-9,11H,4-5H2,1-3H3,(H,18,21). The second-order valence-corrected chi connectivity index (χ2v) is 5.30. The number of hydrogen-bond acceptors (Lipinski definition) is 3. The van der Waals surface area contributed by atoms with Gasteiger partial charge in [0.05, 0.1) is 22.3 Å². The number of anilines is 1. The van der Waals surface area contributed by atoms with E-state index < -0.39 is 0 Å². The minimum Gasteiger partial charge on any atom is -0.307 e. The highest BCUT2D eigenvalue weighted by molar-refractivity contribution is 6.34. The first-order valence-corrected chi connectivity index (χ1v) is 7.41. The second kappa shape index (κ2) is 6.72. The van der Waals surface area contributed by atoms with Gasteiger partial charge in [-0.3, -0.25) is 9.78 Å². The minimum atomic E-state index is -0.255. The van der Waals surface area contributed by atoms with Gasteiger partial charge in [-0.05, 0) is 25.8 Å². The van der Waals surface area contributed by atoms with Crippen LogP contribution >= 0.6 is 11.6 Å². The molecule has 1 N–H and O–H groups in total. The van der Waals surface area contributed by atoms with E-state index in [9.17, 15) is 4.79 Å². The topological polar surface area (TPSA) is 59.8 Å². The Morgan fingerprint density at radius 1 is 1.43 bits per heavy atom. The first-order chi connectivity index (χ1) is 10.1. The monoisotopic (exact) mass is 306 g/mol. The molecule has 0 aliphatic heterocycles. The summed E-state index contributed by atoms with van der Waals surface area (Å²) in [5.74, 6) is 0.439. The third-order valence-electron chi connectivity index (χ3n) is 3.40. The summed E-state index contributed by atoms with van der Waals surface area (Å²) < 4.78 is 1.88. The van der Waals surface area contributed by atoms with Crippen molar-refractivity contribution in [1.82, 2.24) is 14.8 Å². The molecule has 2 rings (SSSR count). The molecule has 0 aliphatic rings. The molecule has 0 bridgehead atoms. The Balaban J connectivity index is 2.28. The Labute approximate surface area is 129 Å². The van der Waals surface area contributed by atoms with Crippen LogP contribution in [0.15, 0.2) is 24.5 Å². The smallest absolute Gasteiger partial charge is 0.258 e. The summed E-state index contributed by atoms with van der Waals surface area (Å²) >= 11 is 6.00. The third kappa shape index (κ3) is 3.42. The molecule has 6 heteroatoms. The first-order valence-electron chi connectivity index (χ1n) is 7.03. The number of aryl methyl sites for hydroxylation is 1. The van der Waals surface area contributed by atoms with Gasteiger partial charge in [0, 0.05) is 18.5 Å². The van der Waals surface area contributed by atoms with Crippen LogP contribution in [0, 0.1) is 6.92 Å². The van der Waals surface area contributed by atoms with Crippen molar-refractivity contribution in [3.8, 4) is 0 Å². The molecule has 0 spiro atoms. The molecule has 0 atom stereocenters. The maximum atomic E-state index is 12.3. The van der Waals surface area contributed by atoms with Crippen molar-refractivity contribution in [2.75, 3.05) is 5.32 Å². The lowest BCUT2D eigenvalue weighted by Gasteiger charge is -2.17. The van der Waals surface area contributed by atoms with Gasteiger partial charge in [0.1, 0.15) is 5.82 Å². The molecule has 0 saturated heterocycles. The number of aromatic nitrogens is 3. The fourth-order valence-electron chi connectivity index (χ4n) is 2.27. The van der Waals surface area contributed by atoms with E-state index in [1.807, 2.05) is 17.7 Å². The van der Waals surface area contributed by atoms with E-state index in [2.05, 4.69) is 29.2 Å². The van der Waals surface area contributed by atoms with E-state index in [1.165, 1.54) is 6.20 Å². The van der Waals surface area contributed by atoms with Crippen molar-refractivity contribution in [2.24, 2.45) is 0 Å². The lowest BCUT2D eigenvalue weighted by molar-refractivity contribution is 0.102. The van der Waals surface area contributed by atoms with E-state index in [4.69, 9.17) is 11.6 Å². The number of pyridine rings is 1. The van der Waals surface area contributed by atoms with Gasteiger partial charge in [-0.25, -0.2) is 4.68 Å². The summed E-state index contributed by atoms with van der Waals surface area (Å²) in [6.07, 6.45) is 4.91. The van der Waals surface area contributed by atoms with Crippen LogP contribution in [0.2, 0.25) is 5.02 Å². The summed E-state index contributed by atoms with van der Waals surface area (Å²) in [4.78, 5) is 16.2. The molecule has 0 aromatic carbocycles. The number of nitrogens with one attached hydrogen (secondary N) is 1. The van der Waals surface area contributed by atoms with Crippen LogP contribution in [0.3, 0.4) is 0 Å². The van der Waals surface area contributed by atoms with Gasteiger partial charge in [-0.2, -0.15) is 5.10 Å². The van der Waals surface area contributed by atoms with E-state index in [0.29, 0.717) is 16.4 Å². The number of amides is 1. The molecule has 0 unspecified atom stereocenters. The maximum absolute atomic E-state index is 12.3. The van der Waals surface area contributed by atoms with Crippen LogP contribution in [0.25, 0.3) is 0 Å². The van der Waals surface area contributed by atoms with E-state index in [-0.39, 0.29) is 11.9 Å². The molecular weight excluding hydrogens is 288 g/mol. The fraction of sp³-hybridized carbons (Fsp3) is 0.400. The molecule has 0 saturated carbocycles. The van der Waals surface area contributed by atoms with Crippen molar-refractivity contribution in [3.05, 3.63) is 40.8 Å². The highest BCUT2D eigenvalue weighted by atomic mass is 35.5. The molecule has 0 fully saturated rings. The van der Waals surface area contributed by atoms with Crippen molar-refractivity contribution >= 4 is 23.3 Å². The van der Waals surface area contributed by atoms with Gasteiger partial charge < -0.3 is 5.32 Å². The zero-order chi connectivity index (χ0) is 15.4. The molecule has 2 heterocycles. The van der Waals surface area contributed by atoms with Crippen LogP contribution in [0.5, 0.6) is 0 Å². The van der Waals surface area contributed by atoms with Crippen LogP contribution in [0.4, 0.5) is 5.82 Å². The predicted octanol–water partition coefficient (Wildman–Crippen LogP) is 3.85. The van der Waals surface area contributed by atoms with Crippen LogP contribution in [0.1, 0.15) is 48.8 Å². The maximum Gasteiger partial charge on any atom is 0.258 e. The number of rotatable bonds is 5. The number of nitrogens with zero attached hydrogens (tertiary/aromatic N) is 3. The second-order valence-electron chi connectivity index (χ2n) is 4.90. The lowest BCUT2D eigenvalue weighted by Crippen LogP contribution is -2.18. The molecule has 5 nitrogen and oxygen atoms in total. The molecule has 2 aromatic rings. The van der Waals surface area contributed by atoms with Crippen LogP contribution in [-0.2, 0) is 0 Å². The van der Waals surface area contributed by atoms with Crippen molar-refractivity contribution in [2.45, 2.75) is 39.7 Å². The number of hydrogen-bond donors (Lipinski definition) is 1. The summed E-state index contributed by atoms with van der Waals surface area (Å²) in [7, 11) is 0. The van der Waals surface area contributed by atoms with Crippen LogP contribution < -0.4 is 5.32 Å². The SMILES string of the molecule is CCC(CC)n1nc(C)cc1NC(=O)c1ccncc1Cl. The predicted molar refractivity (Wildman–Crippen MR) is 83.8 cm³/mol. The Morgan fingerprint density at radius 2 is 2.14 bits per heavy atom. The van der Waals surface area contributed by atoms with Gasteiger partial charge in [-0.1, -0.05) is 25.4 Å². The highest BCUT2D eigenvalue weighted by Crippen LogP contribution is 2.23. The average molecular weight is 307 g/mol. The number of carbonyl (C=O) groups is 1. The number of halogens is 1. The number of carbonyl (C=O) groups excluding carboxylic acids is 1. The third-order valence-corrected chi connectivity index (χ3v) is 3.71. The van der Waals surface area contributed by atoms with Crippen molar-refractivity contribution < 1.29 is 4.79 Å².